The molecule has 1 heterocycles. The van der Waals surface area contributed by atoms with Crippen LogP contribution in [0.2, 0.25) is 0 Å². The maximum Gasteiger partial charge on any atom is 0.312 e. The standard InChI is InChI=1S/C12H14FNO2/c1-7(2)14-6-9(12(15)16)8-4-3-5-10(13)11(8)14/h3-5,7,9H,6H2,1-2H3,(H,15,16). The second kappa shape index (κ2) is 3.77. The molecule has 0 saturated heterocycles. The van der Waals surface area contributed by atoms with Crippen LogP contribution in [0.4, 0.5) is 10.1 Å². The second-order valence-electron chi connectivity index (χ2n) is 4.31. The number of aliphatic carboxylic acids is 1. The SMILES string of the molecule is CC(C)N1CC(C(=O)O)c2cccc(F)c21. The summed E-state index contributed by atoms with van der Waals surface area (Å²) in [6.07, 6.45) is 0. The van der Waals surface area contributed by atoms with Crippen LogP contribution < -0.4 is 4.90 Å². The molecule has 0 bridgehead atoms. The second-order valence-corrected chi connectivity index (χ2v) is 4.31. The molecule has 0 aliphatic carbocycles. The first kappa shape index (κ1) is 10.9. The normalized spacial score (nSPS) is 19.0. The van der Waals surface area contributed by atoms with Gasteiger partial charge in [-0.3, -0.25) is 4.79 Å². The van der Waals surface area contributed by atoms with E-state index in [0.717, 1.165) is 0 Å². The Bertz CT molecular complexity index is 431. The molecule has 0 fully saturated rings. The molecular formula is C12H14FNO2. The van der Waals surface area contributed by atoms with Crippen molar-refractivity contribution in [1.29, 1.82) is 0 Å². The molecule has 1 aliphatic rings. The zero-order valence-corrected chi connectivity index (χ0v) is 9.27. The fraction of sp³-hybridized carbons (Fsp3) is 0.417. The molecule has 1 aliphatic heterocycles. The summed E-state index contributed by atoms with van der Waals surface area (Å²) in [5.41, 5.74) is 1.03. The molecule has 2 rings (SSSR count). The molecule has 1 aromatic carbocycles. The lowest BCUT2D eigenvalue weighted by Crippen LogP contribution is -2.31. The lowest BCUT2D eigenvalue weighted by Gasteiger charge is -2.24. The van der Waals surface area contributed by atoms with Crippen LogP contribution in [0, 0.1) is 5.82 Å². The lowest BCUT2D eigenvalue weighted by molar-refractivity contribution is -0.138. The van der Waals surface area contributed by atoms with E-state index in [1.807, 2.05) is 18.7 Å². The van der Waals surface area contributed by atoms with Gasteiger partial charge in [0.15, 0.2) is 0 Å². The van der Waals surface area contributed by atoms with E-state index in [4.69, 9.17) is 5.11 Å². The van der Waals surface area contributed by atoms with Crippen molar-refractivity contribution in [1.82, 2.24) is 0 Å². The smallest absolute Gasteiger partial charge is 0.312 e. The van der Waals surface area contributed by atoms with Gasteiger partial charge in [-0.05, 0) is 25.5 Å². The van der Waals surface area contributed by atoms with Crippen molar-refractivity contribution in [3.63, 3.8) is 0 Å². The number of para-hydroxylation sites is 1. The summed E-state index contributed by atoms with van der Waals surface area (Å²) < 4.78 is 13.7. The number of benzene rings is 1. The third-order valence-electron chi connectivity index (χ3n) is 2.98. The molecule has 3 nitrogen and oxygen atoms in total. The summed E-state index contributed by atoms with van der Waals surface area (Å²) in [7, 11) is 0. The lowest BCUT2D eigenvalue weighted by atomic mass is 10.0. The van der Waals surface area contributed by atoms with E-state index in [9.17, 15) is 9.18 Å². The van der Waals surface area contributed by atoms with Crippen molar-refractivity contribution in [3.05, 3.63) is 29.6 Å². The van der Waals surface area contributed by atoms with Gasteiger partial charge in [-0.25, -0.2) is 4.39 Å². The summed E-state index contributed by atoms with van der Waals surface area (Å²) in [6, 6.07) is 4.73. The first-order chi connectivity index (χ1) is 7.52. The third-order valence-corrected chi connectivity index (χ3v) is 2.98. The summed E-state index contributed by atoms with van der Waals surface area (Å²) >= 11 is 0. The highest BCUT2D eigenvalue weighted by Gasteiger charge is 2.36. The fourth-order valence-corrected chi connectivity index (χ4v) is 2.18. The van der Waals surface area contributed by atoms with Crippen LogP contribution in [-0.4, -0.2) is 23.7 Å². The molecule has 0 aromatic heterocycles. The molecule has 86 valence electrons. The molecule has 0 spiro atoms. The average Bonchev–Trinajstić information content (AvgIpc) is 2.58. The van der Waals surface area contributed by atoms with Gasteiger partial charge in [0, 0.05) is 12.6 Å². The predicted octanol–water partition coefficient (Wildman–Crippen LogP) is 2.22. The highest BCUT2D eigenvalue weighted by atomic mass is 19.1. The van der Waals surface area contributed by atoms with Gasteiger partial charge in [0.05, 0.1) is 5.69 Å². The van der Waals surface area contributed by atoms with Gasteiger partial charge in [0.25, 0.3) is 0 Å². The van der Waals surface area contributed by atoms with Gasteiger partial charge in [0.1, 0.15) is 11.7 Å². The quantitative estimate of drug-likeness (QED) is 0.835. The van der Waals surface area contributed by atoms with Crippen molar-refractivity contribution >= 4 is 11.7 Å². The number of rotatable bonds is 2. The minimum absolute atomic E-state index is 0.0972. The third kappa shape index (κ3) is 1.54. The molecule has 1 aromatic rings. The average molecular weight is 223 g/mol. The number of carboxylic acids is 1. The van der Waals surface area contributed by atoms with Crippen LogP contribution in [0.1, 0.15) is 25.3 Å². The number of fused-ring (bicyclic) bond motifs is 1. The van der Waals surface area contributed by atoms with Gasteiger partial charge >= 0.3 is 5.97 Å². The molecule has 16 heavy (non-hydrogen) atoms. The van der Waals surface area contributed by atoms with E-state index in [1.54, 1.807) is 12.1 Å². The Balaban J connectivity index is 2.53. The number of hydrogen-bond donors (Lipinski definition) is 1. The number of anilines is 1. The Labute approximate surface area is 93.5 Å². The Morgan fingerprint density at radius 2 is 2.25 bits per heavy atom. The highest BCUT2D eigenvalue weighted by Crippen LogP contribution is 2.39. The van der Waals surface area contributed by atoms with E-state index in [-0.39, 0.29) is 11.9 Å². The maximum atomic E-state index is 13.7. The highest BCUT2D eigenvalue weighted by molar-refractivity contribution is 5.83. The van der Waals surface area contributed by atoms with Crippen LogP contribution >= 0.6 is 0 Å². The van der Waals surface area contributed by atoms with Crippen LogP contribution in [-0.2, 0) is 4.79 Å². The minimum atomic E-state index is -0.894. The summed E-state index contributed by atoms with van der Waals surface area (Å²) in [5, 5.41) is 9.10. The Morgan fingerprint density at radius 3 is 2.81 bits per heavy atom. The summed E-state index contributed by atoms with van der Waals surface area (Å²) in [6.45, 7) is 4.21. The van der Waals surface area contributed by atoms with Crippen molar-refractivity contribution < 1.29 is 14.3 Å². The van der Waals surface area contributed by atoms with E-state index >= 15 is 0 Å². The maximum absolute atomic E-state index is 13.7. The van der Waals surface area contributed by atoms with Crippen molar-refractivity contribution in [2.75, 3.05) is 11.4 Å². The van der Waals surface area contributed by atoms with E-state index in [2.05, 4.69) is 0 Å². The number of hydrogen-bond acceptors (Lipinski definition) is 2. The molecule has 0 radical (unpaired) electrons. The van der Waals surface area contributed by atoms with E-state index in [1.165, 1.54) is 6.07 Å². The van der Waals surface area contributed by atoms with Gasteiger partial charge in [-0.1, -0.05) is 12.1 Å². The van der Waals surface area contributed by atoms with Crippen LogP contribution in [0.25, 0.3) is 0 Å². The van der Waals surface area contributed by atoms with Crippen LogP contribution in [0.5, 0.6) is 0 Å². The van der Waals surface area contributed by atoms with Gasteiger partial charge < -0.3 is 10.0 Å². The van der Waals surface area contributed by atoms with Crippen molar-refractivity contribution in [2.24, 2.45) is 0 Å². The van der Waals surface area contributed by atoms with Gasteiger partial charge in [0.2, 0.25) is 0 Å². The molecule has 1 atom stereocenters. The first-order valence-corrected chi connectivity index (χ1v) is 5.30. The summed E-state index contributed by atoms with van der Waals surface area (Å²) in [5.74, 6) is -1.85. The molecule has 1 N–H and O–H groups in total. The van der Waals surface area contributed by atoms with Crippen LogP contribution in [0.15, 0.2) is 18.2 Å². The van der Waals surface area contributed by atoms with E-state index < -0.39 is 11.9 Å². The fourth-order valence-electron chi connectivity index (χ4n) is 2.18. The molecule has 4 heteroatoms. The Hall–Kier alpha value is -1.58. The minimum Gasteiger partial charge on any atom is -0.481 e. The summed E-state index contributed by atoms with van der Waals surface area (Å²) in [4.78, 5) is 12.9. The van der Waals surface area contributed by atoms with Crippen molar-refractivity contribution in [2.45, 2.75) is 25.8 Å². The zero-order chi connectivity index (χ0) is 11.9. The number of nitrogens with zero attached hydrogens (tertiary/aromatic N) is 1. The monoisotopic (exact) mass is 223 g/mol. The molecule has 0 amide bonds. The van der Waals surface area contributed by atoms with Gasteiger partial charge in [-0.15, -0.1) is 0 Å². The molecule has 1 unspecified atom stereocenters. The van der Waals surface area contributed by atoms with Crippen LogP contribution in [0.3, 0.4) is 0 Å². The topological polar surface area (TPSA) is 40.5 Å². The molecule has 0 saturated carbocycles. The Kier molecular flexibility index (Phi) is 2.58. The van der Waals surface area contributed by atoms with E-state index in [0.29, 0.717) is 17.8 Å². The molecular weight excluding hydrogens is 209 g/mol. The Morgan fingerprint density at radius 1 is 1.56 bits per heavy atom. The van der Waals surface area contributed by atoms with Gasteiger partial charge in [-0.2, -0.15) is 0 Å². The predicted molar refractivity (Wildman–Crippen MR) is 59.3 cm³/mol. The zero-order valence-electron chi connectivity index (χ0n) is 9.27. The first-order valence-electron chi connectivity index (χ1n) is 5.30. The number of carboxylic acid groups (broad SMARTS) is 1. The number of carbonyl (C=O) groups is 1. The number of halogens is 1. The largest absolute Gasteiger partial charge is 0.481 e. The van der Waals surface area contributed by atoms with Crippen molar-refractivity contribution in [3.8, 4) is 0 Å².